The number of aryl methyl sites for hydroxylation is 1. The van der Waals surface area contributed by atoms with Crippen molar-refractivity contribution in [2.75, 3.05) is 0 Å². The topological polar surface area (TPSA) is 54.3 Å². The van der Waals surface area contributed by atoms with Crippen molar-refractivity contribution < 1.29 is 9.90 Å². The normalized spacial score (nSPS) is 10.8. The van der Waals surface area contributed by atoms with Gasteiger partial charge in [-0.2, -0.15) is 0 Å². The van der Waals surface area contributed by atoms with Crippen LogP contribution in [0.1, 0.15) is 21.7 Å². The third-order valence-corrected chi connectivity index (χ3v) is 4.02. The number of hydrogen-bond acceptors (Lipinski definition) is 2. The number of carbonyl (C=O) groups excluding carboxylic acids is 1. The zero-order valence-electron chi connectivity index (χ0n) is 12.6. The summed E-state index contributed by atoms with van der Waals surface area (Å²) in [7, 11) is 1.96. The molecule has 0 saturated carbocycles. The van der Waals surface area contributed by atoms with Gasteiger partial charge in [0.25, 0.3) is 5.91 Å². The number of fused-ring (bicyclic) bond motifs is 1. The molecular formula is C18H18N2O2. The first kappa shape index (κ1) is 14.2. The predicted molar refractivity (Wildman–Crippen MR) is 86.9 cm³/mol. The van der Waals surface area contributed by atoms with Gasteiger partial charge in [0.05, 0.1) is 12.1 Å². The summed E-state index contributed by atoms with van der Waals surface area (Å²) in [6, 6.07) is 15.0. The minimum Gasteiger partial charge on any atom is -0.507 e. The van der Waals surface area contributed by atoms with Crippen molar-refractivity contribution in [3.8, 4) is 5.75 Å². The van der Waals surface area contributed by atoms with E-state index in [1.54, 1.807) is 12.1 Å². The molecule has 4 heteroatoms. The summed E-state index contributed by atoms with van der Waals surface area (Å²) in [6.45, 7) is 2.44. The highest BCUT2D eigenvalue weighted by atomic mass is 16.3. The highest BCUT2D eigenvalue weighted by Gasteiger charge is 2.13. The molecule has 3 aromatic rings. The number of phenolic OH excluding ortho intramolecular Hbond substituents is 1. The van der Waals surface area contributed by atoms with Crippen LogP contribution in [0.15, 0.2) is 48.5 Å². The molecule has 3 rings (SSSR count). The Morgan fingerprint density at radius 3 is 2.45 bits per heavy atom. The maximum absolute atomic E-state index is 12.3. The summed E-state index contributed by atoms with van der Waals surface area (Å²) in [5, 5.41) is 14.8. The van der Waals surface area contributed by atoms with Gasteiger partial charge in [-0.05, 0) is 42.0 Å². The molecule has 0 radical (unpaired) electrons. The van der Waals surface area contributed by atoms with Crippen LogP contribution in [-0.2, 0) is 13.6 Å². The summed E-state index contributed by atoms with van der Waals surface area (Å²) < 4.78 is 2.03. The van der Waals surface area contributed by atoms with Crippen molar-refractivity contribution in [1.29, 1.82) is 0 Å². The first-order valence-electron chi connectivity index (χ1n) is 7.17. The van der Waals surface area contributed by atoms with E-state index < -0.39 is 0 Å². The zero-order valence-corrected chi connectivity index (χ0v) is 12.6. The van der Waals surface area contributed by atoms with E-state index in [2.05, 4.69) is 5.32 Å². The fraction of sp³-hybridized carbons (Fsp3) is 0.167. The molecule has 1 heterocycles. The van der Waals surface area contributed by atoms with Crippen molar-refractivity contribution >= 4 is 16.7 Å². The highest BCUT2D eigenvalue weighted by molar-refractivity contribution is 6.01. The van der Waals surface area contributed by atoms with E-state index in [-0.39, 0.29) is 11.7 Å². The number of nitrogens with zero attached hydrogens (tertiary/aromatic N) is 1. The van der Waals surface area contributed by atoms with Gasteiger partial charge in [0, 0.05) is 18.4 Å². The monoisotopic (exact) mass is 294 g/mol. The second-order valence-corrected chi connectivity index (χ2v) is 5.42. The van der Waals surface area contributed by atoms with Crippen molar-refractivity contribution in [2.45, 2.75) is 13.5 Å². The first-order valence-corrected chi connectivity index (χ1v) is 7.17. The van der Waals surface area contributed by atoms with Gasteiger partial charge < -0.3 is 15.0 Å². The van der Waals surface area contributed by atoms with Gasteiger partial charge in [-0.15, -0.1) is 0 Å². The summed E-state index contributed by atoms with van der Waals surface area (Å²) in [6.07, 6.45) is 0. The van der Waals surface area contributed by atoms with Crippen molar-refractivity contribution in [2.24, 2.45) is 7.05 Å². The molecule has 1 amide bonds. The Morgan fingerprint density at radius 1 is 1.14 bits per heavy atom. The molecule has 112 valence electrons. The second-order valence-electron chi connectivity index (χ2n) is 5.42. The van der Waals surface area contributed by atoms with Crippen LogP contribution in [0.25, 0.3) is 10.8 Å². The SMILES string of the molecule is Cc1ccc(CNC(=O)c2cc3ccccc3cc2O)n1C. The van der Waals surface area contributed by atoms with Gasteiger partial charge in [0.1, 0.15) is 5.75 Å². The predicted octanol–water partition coefficient (Wildman–Crippen LogP) is 3.12. The Hall–Kier alpha value is -2.75. The van der Waals surface area contributed by atoms with Crippen molar-refractivity contribution in [1.82, 2.24) is 9.88 Å². The summed E-state index contributed by atoms with van der Waals surface area (Å²) in [4.78, 5) is 12.3. The van der Waals surface area contributed by atoms with Crippen LogP contribution in [0.2, 0.25) is 0 Å². The maximum atomic E-state index is 12.3. The highest BCUT2D eigenvalue weighted by Crippen LogP contribution is 2.24. The number of phenols is 1. The lowest BCUT2D eigenvalue weighted by Crippen LogP contribution is -2.24. The number of amides is 1. The molecule has 22 heavy (non-hydrogen) atoms. The molecule has 0 aliphatic heterocycles. The quantitative estimate of drug-likeness (QED) is 0.780. The van der Waals surface area contributed by atoms with Gasteiger partial charge in [-0.1, -0.05) is 24.3 Å². The molecule has 0 bridgehead atoms. The van der Waals surface area contributed by atoms with E-state index in [1.807, 2.05) is 54.9 Å². The van der Waals surface area contributed by atoms with E-state index in [4.69, 9.17) is 0 Å². The molecule has 0 unspecified atom stereocenters. The third kappa shape index (κ3) is 2.55. The van der Waals surface area contributed by atoms with Crippen LogP contribution in [0.3, 0.4) is 0 Å². The molecule has 0 fully saturated rings. The van der Waals surface area contributed by atoms with Crippen LogP contribution in [-0.4, -0.2) is 15.6 Å². The summed E-state index contributed by atoms with van der Waals surface area (Å²) in [5.41, 5.74) is 2.45. The van der Waals surface area contributed by atoms with Gasteiger partial charge in [0.2, 0.25) is 0 Å². The average molecular weight is 294 g/mol. The van der Waals surface area contributed by atoms with E-state index in [9.17, 15) is 9.90 Å². The lowest BCUT2D eigenvalue weighted by atomic mass is 10.1. The summed E-state index contributed by atoms with van der Waals surface area (Å²) in [5.74, 6) is -0.277. The Kier molecular flexibility index (Phi) is 3.59. The number of aromatic hydroxyl groups is 1. The van der Waals surface area contributed by atoms with E-state index in [0.717, 1.165) is 22.2 Å². The number of hydrogen-bond donors (Lipinski definition) is 2. The van der Waals surface area contributed by atoms with Crippen molar-refractivity contribution in [3.63, 3.8) is 0 Å². The standard InChI is InChI=1S/C18H18N2O2/c1-12-7-8-15(20(12)2)11-19-18(22)16-9-13-5-3-4-6-14(13)10-17(16)21/h3-10,21H,11H2,1-2H3,(H,19,22). The van der Waals surface area contributed by atoms with Gasteiger partial charge in [-0.25, -0.2) is 0 Å². The molecule has 1 aromatic heterocycles. The molecule has 0 atom stereocenters. The van der Waals surface area contributed by atoms with Gasteiger partial charge in [0.15, 0.2) is 0 Å². The van der Waals surface area contributed by atoms with E-state index >= 15 is 0 Å². The lowest BCUT2D eigenvalue weighted by Gasteiger charge is -2.10. The Morgan fingerprint density at radius 2 is 1.82 bits per heavy atom. The summed E-state index contributed by atoms with van der Waals surface area (Å²) >= 11 is 0. The van der Waals surface area contributed by atoms with E-state index in [0.29, 0.717) is 12.1 Å². The van der Waals surface area contributed by atoms with Crippen LogP contribution >= 0.6 is 0 Å². The second kappa shape index (κ2) is 5.56. The number of rotatable bonds is 3. The largest absolute Gasteiger partial charge is 0.507 e. The zero-order chi connectivity index (χ0) is 15.7. The molecule has 0 saturated heterocycles. The Balaban J connectivity index is 1.83. The third-order valence-electron chi connectivity index (χ3n) is 4.02. The molecule has 0 aliphatic carbocycles. The molecular weight excluding hydrogens is 276 g/mol. The van der Waals surface area contributed by atoms with Crippen LogP contribution in [0.4, 0.5) is 0 Å². The number of nitrogens with one attached hydrogen (secondary N) is 1. The molecule has 0 aliphatic rings. The van der Waals surface area contributed by atoms with Gasteiger partial charge >= 0.3 is 0 Å². The van der Waals surface area contributed by atoms with Crippen LogP contribution in [0.5, 0.6) is 5.75 Å². The average Bonchev–Trinajstić information content (AvgIpc) is 2.83. The fourth-order valence-corrected chi connectivity index (χ4v) is 2.52. The minimum atomic E-state index is -0.276. The van der Waals surface area contributed by atoms with Gasteiger partial charge in [-0.3, -0.25) is 4.79 Å². The Labute approximate surface area is 129 Å². The maximum Gasteiger partial charge on any atom is 0.255 e. The Bertz CT molecular complexity index is 849. The molecule has 0 spiro atoms. The van der Waals surface area contributed by atoms with Crippen LogP contribution in [0, 0.1) is 6.92 Å². The molecule has 4 nitrogen and oxygen atoms in total. The number of benzene rings is 2. The number of carbonyl (C=O) groups is 1. The lowest BCUT2D eigenvalue weighted by molar-refractivity contribution is 0.0947. The minimum absolute atomic E-state index is 0.000684. The smallest absolute Gasteiger partial charge is 0.255 e. The van der Waals surface area contributed by atoms with Crippen molar-refractivity contribution in [3.05, 3.63) is 65.5 Å². The van der Waals surface area contributed by atoms with E-state index in [1.165, 1.54) is 0 Å². The number of aromatic nitrogens is 1. The molecule has 2 aromatic carbocycles. The van der Waals surface area contributed by atoms with Crippen LogP contribution < -0.4 is 5.32 Å². The fourth-order valence-electron chi connectivity index (χ4n) is 2.52. The first-order chi connectivity index (χ1) is 10.6. The molecule has 2 N–H and O–H groups in total.